The van der Waals surface area contributed by atoms with Crippen LogP contribution >= 0.6 is 0 Å². The molecule has 0 amide bonds. The van der Waals surface area contributed by atoms with Crippen molar-refractivity contribution in [3.05, 3.63) is 24.0 Å². The summed E-state index contributed by atoms with van der Waals surface area (Å²) in [5.74, 6) is -0.556. The Hall–Kier alpha value is -1.14. The van der Waals surface area contributed by atoms with Crippen LogP contribution in [0.25, 0.3) is 0 Å². The van der Waals surface area contributed by atoms with Gasteiger partial charge in [0.15, 0.2) is 0 Å². The third-order valence-electron chi connectivity index (χ3n) is 2.55. The van der Waals surface area contributed by atoms with Crippen LogP contribution in [0.4, 0.5) is 10.1 Å². The largest absolute Gasteiger partial charge is 0.398 e. The van der Waals surface area contributed by atoms with Gasteiger partial charge in [-0.25, -0.2) is 17.5 Å². The molecule has 4 nitrogen and oxygen atoms in total. The lowest BCUT2D eigenvalue weighted by Gasteiger charge is -2.25. The zero-order chi connectivity index (χ0) is 14.0. The SMILES string of the molecule is CCCC(C)(C)NS(=O)(=O)c1ccc(F)cc1N. The maximum absolute atomic E-state index is 12.9. The lowest BCUT2D eigenvalue weighted by Crippen LogP contribution is -2.43. The van der Waals surface area contributed by atoms with Crippen LogP contribution < -0.4 is 10.5 Å². The normalized spacial score (nSPS) is 12.7. The smallest absolute Gasteiger partial charge is 0.243 e. The molecule has 0 saturated carbocycles. The molecule has 0 bridgehead atoms. The molecule has 0 saturated heterocycles. The maximum Gasteiger partial charge on any atom is 0.243 e. The highest BCUT2D eigenvalue weighted by Gasteiger charge is 2.26. The van der Waals surface area contributed by atoms with Gasteiger partial charge in [-0.15, -0.1) is 0 Å². The lowest BCUT2D eigenvalue weighted by molar-refractivity contribution is 0.418. The first-order valence-electron chi connectivity index (χ1n) is 5.77. The third kappa shape index (κ3) is 3.68. The number of nitrogens with one attached hydrogen (secondary N) is 1. The van der Waals surface area contributed by atoms with Crippen LogP contribution in [0.2, 0.25) is 0 Å². The zero-order valence-corrected chi connectivity index (χ0v) is 11.6. The summed E-state index contributed by atoms with van der Waals surface area (Å²) in [5, 5.41) is 0. The van der Waals surface area contributed by atoms with Gasteiger partial charge >= 0.3 is 0 Å². The average molecular weight is 274 g/mol. The molecule has 18 heavy (non-hydrogen) atoms. The summed E-state index contributed by atoms with van der Waals surface area (Å²) in [4.78, 5) is -0.0897. The molecule has 6 heteroatoms. The number of hydrogen-bond donors (Lipinski definition) is 2. The Morgan fingerprint density at radius 3 is 2.50 bits per heavy atom. The van der Waals surface area contributed by atoms with Gasteiger partial charge in [0, 0.05) is 5.54 Å². The van der Waals surface area contributed by atoms with E-state index < -0.39 is 21.4 Å². The summed E-state index contributed by atoms with van der Waals surface area (Å²) < 4.78 is 39.8. The molecule has 0 atom stereocenters. The molecule has 1 aromatic rings. The van der Waals surface area contributed by atoms with Gasteiger partial charge in [-0.3, -0.25) is 0 Å². The van der Waals surface area contributed by atoms with E-state index in [4.69, 9.17) is 5.73 Å². The van der Waals surface area contributed by atoms with Crippen molar-refractivity contribution in [2.24, 2.45) is 0 Å². The number of nitrogens with two attached hydrogens (primary N) is 1. The van der Waals surface area contributed by atoms with Crippen molar-refractivity contribution in [2.75, 3.05) is 5.73 Å². The monoisotopic (exact) mass is 274 g/mol. The third-order valence-corrected chi connectivity index (χ3v) is 4.32. The van der Waals surface area contributed by atoms with Crippen molar-refractivity contribution < 1.29 is 12.8 Å². The van der Waals surface area contributed by atoms with Crippen molar-refractivity contribution in [1.82, 2.24) is 4.72 Å². The van der Waals surface area contributed by atoms with Crippen LogP contribution in [0.15, 0.2) is 23.1 Å². The zero-order valence-electron chi connectivity index (χ0n) is 10.8. The first-order chi connectivity index (χ1) is 8.18. The first-order valence-corrected chi connectivity index (χ1v) is 7.25. The predicted octanol–water partition coefficient (Wildman–Crippen LogP) is 2.26. The molecule has 0 aromatic heterocycles. The van der Waals surface area contributed by atoms with Gasteiger partial charge in [0.25, 0.3) is 0 Å². The molecule has 1 rings (SSSR count). The number of halogens is 1. The molecular weight excluding hydrogens is 255 g/mol. The summed E-state index contributed by atoms with van der Waals surface area (Å²) >= 11 is 0. The van der Waals surface area contributed by atoms with E-state index in [1.807, 2.05) is 6.92 Å². The molecule has 0 aliphatic carbocycles. The summed E-state index contributed by atoms with van der Waals surface area (Å²) in [6.45, 7) is 5.57. The Morgan fingerprint density at radius 1 is 1.39 bits per heavy atom. The molecule has 0 unspecified atom stereocenters. The molecular formula is C12H19FN2O2S. The molecule has 102 valence electrons. The van der Waals surface area contributed by atoms with E-state index >= 15 is 0 Å². The van der Waals surface area contributed by atoms with Gasteiger partial charge in [-0.05, 0) is 38.5 Å². The Morgan fingerprint density at radius 2 is 2.00 bits per heavy atom. The Balaban J connectivity index is 3.07. The molecule has 0 fully saturated rings. The number of hydrogen-bond acceptors (Lipinski definition) is 3. The highest BCUT2D eigenvalue weighted by Crippen LogP contribution is 2.22. The summed E-state index contributed by atoms with van der Waals surface area (Å²) in [5.41, 5.74) is 4.89. The summed E-state index contributed by atoms with van der Waals surface area (Å²) in [7, 11) is -3.73. The number of sulfonamides is 1. The molecule has 0 heterocycles. The van der Waals surface area contributed by atoms with E-state index in [1.54, 1.807) is 13.8 Å². The highest BCUT2D eigenvalue weighted by molar-refractivity contribution is 7.89. The number of anilines is 1. The van der Waals surface area contributed by atoms with Crippen LogP contribution in [-0.4, -0.2) is 14.0 Å². The lowest BCUT2D eigenvalue weighted by atomic mass is 10.0. The van der Waals surface area contributed by atoms with Gasteiger partial charge in [-0.1, -0.05) is 13.3 Å². The fourth-order valence-electron chi connectivity index (χ4n) is 1.86. The first kappa shape index (κ1) is 14.9. The fraction of sp³-hybridized carbons (Fsp3) is 0.500. The average Bonchev–Trinajstić information content (AvgIpc) is 2.14. The Labute approximate surface area is 107 Å². The Bertz CT molecular complexity index is 527. The number of nitrogen functional groups attached to an aromatic ring is 1. The minimum atomic E-state index is -3.73. The molecule has 1 aromatic carbocycles. The quantitative estimate of drug-likeness (QED) is 0.809. The van der Waals surface area contributed by atoms with E-state index in [9.17, 15) is 12.8 Å². The summed E-state index contributed by atoms with van der Waals surface area (Å²) in [6.07, 6.45) is 1.56. The summed E-state index contributed by atoms with van der Waals surface area (Å²) in [6, 6.07) is 3.26. The Kier molecular flexibility index (Phi) is 4.34. The topological polar surface area (TPSA) is 72.2 Å². The van der Waals surface area contributed by atoms with E-state index in [0.29, 0.717) is 6.42 Å². The fourth-order valence-corrected chi connectivity index (χ4v) is 3.41. The van der Waals surface area contributed by atoms with Crippen molar-refractivity contribution >= 4 is 15.7 Å². The van der Waals surface area contributed by atoms with Crippen molar-refractivity contribution in [3.63, 3.8) is 0 Å². The van der Waals surface area contributed by atoms with Crippen LogP contribution in [0.1, 0.15) is 33.6 Å². The standard InChI is InChI=1S/C12H19FN2O2S/c1-4-7-12(2,3)15-18(16,17)11-6-5-9(13)8-10(11)14/h5-6,8,15H,4,7,14H2,1-3H3. The maximum atomic E-state index is 12.9. The molecule has 0 aliphatic heterocycles. The minimum absolute atomic E-state index is 0.0881. The van der Waals surface area contributed by atoms with E-state index in [2.05, 4.69) is 4.72 Å². The van der Waals surface area contributed by atoms with Gasteiger partial charge in [-0.2, -0.15) is 0 Å². The van der Waals surface area contributed by atoms with Crippen LogP contribution in [0.3, 0.4) is 0 Å². The van der Waals surface area contributed by atoms with Crippen molar-refractivity contribution in [3.8, 4) is 0 Å². The van der Waals surface area contributed by atoms with Crippen LogP contribution in [0.5, 0.6) is 0 Å². The van der Waals surface area contributed by atoms with Crippen LogP contribution in [0, 0.1) is 5.82 Å². The van der Waals surface area contributed by atoms with Crippen LogP contribution in [-0.2, 0) is 10.0 Å². The predicted molar refractivity (Wildman–Crippen MR) is 70.1 cm³/mol. The number of rotatable bonds is 5. The second-order valence-electron chi connectivity index (χ2n) is 4.92. The van der Waals surface area contributed by atoms with E-state index in [-0.39, 0.29) is 10.6 Å². The van der Waals surface area contributed by atoms with E-state index in [1.165, 1.54) is 6.07 Å². The number of benzene rings is 1. The van der Waals surface area contributed by atoms with Gasteiger partial charge in [0.1, 0.15) is 10.7 Å². The van der Waals surface area contributed by atoms with Crippen molar-refractivity contribution in [2.45, 2.75) is 44.0 Å². The molecule has 3 N–H and O–H groups in total. The highest BCUT2D eigenvalue weighted by atomic mass is 32.2. The van der Waals surface area contributed by atoms with Gasteiger partial charge in [0.05, 0.1) is 5.69 Å². The van der Waals surface area contributed by atoms with E-state index in [0.717, 1.165) is 18.6 Å². The van der Waals surface area contributed by atoms with Gasteiger partial charge < -0.3 is 5.73 Å². The van der Waals surface area contributed by atoms with Gasteiger partial charge in [0.2, 0.25) is 10.0 Å². The minimum Gasteiger partial charge on any atom is -0.398 e. The molecule has 0 aliphatic rings. The van der Waals surface area contributed by atoms with Crippen molar-refractivity contribution in [1.29, 1.82) is 0 Å². The second kappa shape index (κ2) is 5.24. The second-order valence-corrected chi connectivity index (χ2v) is 6.57. The molecule has 0 radical (unpaired) electrons. The molecule has 0 spiro atoms.